The minimum Gasteiger partial charge on any atom is -0.465 e. The molecule has 0 spiro atoms. The quantitative estimate of drug-likeness (QED) is 0.340. The summed E-state index contributed by atoms with van der Waals surface area (Å²) in [5.74, 6) is 2.59. The molecule has 3 heteroatoms. The summed E-state index contributed by atoms with van der Waals surface area (Å²) in [5.41, 5.74) is 8.78. The van der Waals surface area contributed by atoms with Crippen molar-refractivity contribution in [1.82, 2.24) is 0 Å². The molecule has 2 unspecified atom stereocenters. The van der Waals surface area contributed by atoms with Crippen LogP contribution in [0.15, 0.2) is 54.6 Å². The van der Waals surface area contributed by atoms with Gasteiger partial charge in [0, 0.05) is 17.9 Å². The average molecular weight is 452 g/mol. The topological polar surface area (TPSA) is 44.5 Å². The highest BCUT2D eigenvalue weighted by Gasteiger charge is 2.27. The zero-order chi connectivity index (χ0) is 23.7. The molecule has 1 saturated carbocycles. The van der Waals surface area contributed by atoms with E-state index in [0.717, 1.165) is 37.5 Å². The highest BCUT2D eigenvalue weighted by Crippen LogP contribution is 2.33. The maximum absolute atomic E-state index is 6.53. The molecule has 3 rings (SSSR count). The molecule has 2 N–H and O–H groups in total. The van der Waals surface area contributed by atoms with Crippen LogP contribution in [0.5, 0.6) is 5.75 Å². The Labute approximate surface area is 202 Å². The van der Waals surface area contributed by atoms with Crippen LogP contribution in [0.2, 0.25) is 0 Å². The van der Waals surface area contributed by atoms with Crippen LogP contribution in [0.3, 0.4) is 0 Å². The second-order valence-corrected chi connectivity index (χ2v) is 11.0. The van der Waals surface area contributed by atoms with E-state index in [1.165, 1.54) is 43.2 Å². The van der Waals surface area contributed by atoms with E-state index in [-0.39, 0.29) is 11.8 Å². The molecule has 0 aromatic heterocycles. The Morgan fingerprint density at radius 2 is 1.61 bits per heavy atom. The highest BCUT2D eigenvalue weighted by molar-refractivity contribution is 5.31. The van der Waals surface area contributed by atoms with Crippen molar-refractivity contribution in [3.05, 3.63) is 65.7 Å². The Morgan fingerprint density at radius 1 is 0.939 bits per heavy atom. The first-order valence-electron chi connectivity index (χ1n) is 13.0. The van der Waals surface area contributed by atoms with Gasteiger partial charge in [-0.2, -0.15) is 0 Å². The fraction of sp³-hybridized carbons (Fsp3) is 0.600. The largest absolute Gasteiger partial charge is 0.465 e. The first-order chi connectivity index (χ1) is 15.8. The minimum atomic E-state index is -0.278. The molecular weight excluding hydrogens is 406 g/mol. The number of ether oxygens (including phenoxy) is 2. The fourth-order valence-corrected chi connectivity index (χ4v) is 5.05. The molecule has 0 aliphatic heterocycles. The van der Waals surface area contributed by atoms with E-state index in [9.17, 15) is 0 Å². The summed E-state index contributed by atoms with van der Waals surface area (Å²) in [6.07, 6.45) is 9.52. The Hall–Kier alpha value is -1.84. The van der Waals surface area contributed by atoms with Crippen molar-refractivity contribution >= 4 is 0 Å². The molecule has 1 aliphatic rings. The second kappa shape index (κ2) is 12.6. The van der Waals surface area contributed by atoms with Crippen molar-refractivity contribution in [3.63, 3.8) is 0 Å². The maximum atomic E-state index is 6.53. The summed E-state index contributed by atoms with van der Waals surface area (Å²) >= 11 is 0. The Balaban J connectivity index is 1.64. The van der Waals surface area contributed by atoms with Gasteiger partial charge in [-0.25, -0.2) is 0 Å². The van der Waals surface area contributed by atoms with Gasteiger partial charge in [0.15, 0.2) is 0 Å². The molecule has 2 aromatic rings. The second-order valence-electron chi connectivity index (χ2n) is 11.0. The molecule has 182 valence electrons. The van der Waals surface area contributed by atoms with Crippen LogP contribution < -0.4 is 10.5 Å². The average Bonchev–Trinajstić information content (AvgIpc) is 2.79. The molecule has 2 atom stereocenters. The van der Waals surface area contributed by atoms with E-state index < -0.39 is 0 Å². The number of hydrogen-bond acceptors (Lipinski definition) is 3. The van der Waals surface area contributed by atoms with E-state index >= 15 is 0 Å². The standard InChI is InChI=1S/C30H45NO2/c1-23(2)21-28(30(3,4)31)26-15-17-27(18-16-26)33-29(22-25-13-9-6-10-14-25)32-20-19-24-11-7-5-8-12-24/h6,9-10,13-18,23-24,28-29H,5,7-8,11-12,19-22,31H2,1-4H3. The molecule has 0 amide bonds. The summed E-state index contributed by atoms with van der Waals surface area (Å²) in [5, 5.41) is 0. The normalized spacial score (nSPS) is 17.2. The molecule has 2 aromatic carbocycles. The van der Waals surface area contributed by atoms with E-state index in [0.29, 0.717) is 11.8 Å². The van der Waals surface area contributed by atoms with Gasteiger partial charge in [0.1, 0.15) is 5.75 Å². The van der Waals surface area contributed by atoms with Gasteiger partial charge in [0.2, 0.25) is 6.29 Å². The van der Waals surface area contributed by atoms with Crippen molar-refractivity contribution in [2.75, 3.05) is 6.61 Å². The minimum absolute atomic E-state index is 0.259. The number of nitrogens with two attached hydrogens (primary N) is 1. The van der Waals surface area contributed by atoms with Gasteiger partial charge in [-0.3, -0.25) is 0 Å². The van der Waals surface area contributed by atoms with E-state index in [4.69, 9.17) is 15.2 Å². The first-order valence-corrected chi connectivity index (χ1v) is 13.0. The summed E-state index contributed by atoms with van der Waals surface area (Å²) < 4.78 is 12.7. The molecular formula is C30H45NO2. The van der Waals surface area contributed by atoms with Crippen molar-refractivity contribution in [3.8, 4) is 5.75 Å². The van der Waals surface area contributed by atoms with Crippen LogP contribution in [0.25, 0.3) is 0 Å². The SMILES string of the molecule is CC(C)CC(c1ccc(OC(Cc2ccccc2)OCCC2CCCCC2)cc1)C(C)(C)N. The zero-order valence-corrected chi connectivity index (χ0v) is 21.3. The lowest BCUT2D eigenvalue weighted by Gasteiger charge is -2.32. The van der Waals surface area contributed by atoms with Gasteiger partial charge in [0.05, 0.1) is 6.61 Å². The van der Waals surface area contributed by atoms with Crippen molar-refractivity contribution in [1.29, 1.82) is 0 Å². The molecule has 33 heavy (non-hydrogen) atoms. The molecule has 0 bridgehead atoms. The summed E-state index contributed by atoms with van der Waals surface area (Å²) in [7, 11) is 0. The number of rotatable bonds is 12. The predicted octanol–water partition coefficient (Wildman–Crippen LogP) is 7.49. The van der Waals surface area contributed by atoms with Crippen LogP contribution >= 0.6 is 0 Å². The lowest BCUT2D eigenvalue weighted by molar-refractivity contribution is -0.0831. The molecule has 0 heterocycles. The maximum Gasteiger partial charge on any atom is 0.203 e. The van der Waals surface area contributed by atoms with Gasteiger partial charge < -0.3 is 15.2 Å². The Morgan fingerprint density at radius 3 is 2.21 bits per heavy atom. The van der Waals surface area contributed by atoms with Crippen LogP contribution in [-0.2, 0) is 11.2 Å². The van der Waals surface area contributed by atoms with Crippen LogP contribution in [0.1, 0.15) is 89.7 Å². The third kappa shape index (κ3) is 8.79. The van der Waals surface area contributed by atoms with Crippen molar-refractivity contribution < 1.29 is 9.47 Å². The van der Waals surface area contributed by atoms with Crippen LogP contribution in [0.4, 0.5) is 0 Å². The third-order valence-electron chi connectivity index (χ3n) is 6.95. The summed E-state index contributed by atoms with van der Waals surface area (Å²) in [6.45, 7) is 9.53. The lowest BCUT2D eigenvalue weighted by Crippen LogP contribution is -2.39. The van der Waals surface area contributed by atoms with E-state index in [1.807, 2.05) is 0 Å². The Kier molecular flexibility index (Phi) is 9.82. The first kappa shape index (κ1) is 25.8. The fourth-order valence-electron chi connectivity index (χ4n) is 5.05. The van der Waals surface area contributed by atoms with Gasteiger partial charge in [-0.1, -0.05) is 88.4 Å². The molecule has 1 aliphatic carbocycles. The van der Waals surface area contributed by atoms with Crippen molar-refractivity contribution in [2.24, 2.45) is 17.6 Å². The number of benzene rings is 2. The van der Waals surface area contributed by atoms with Gasteiger partial charge in [-0.15, -0.1) is 0 Å². The van der Waals surface area contributed by atoms with Crippen LogP contribution in [0, 0.1) is 11.8 Å². The van der Waals surface area contributed by atoms with Gasteiger partial charge in [-0.05, 0) is 61.8 Å². The summed E-state index contributed by atoms with van der Waals surface area (Å²) in [6, 6.07) is 19.0. The smallest absolute Gasteiger partial charge is 0.203 e. The number of hydrogen-bond donors (Lipinski definition) is 1. The van der Waals surface area contributed by atoms with E-state index in [1.54, 1.807) is 0 Å². The lowest BCUT2D eigenvalue weighted by atomic mass is 9.77. The molecule has 0 radical (unpaired) electrons. The van der Waals surface area contributed by atoms with E-state index in [2.05, 4.69) is 82.3 Å². The Bertz CT molecular complexity index is 788. The van der Waals surface area contributed by atoms with Gasteiger partial charge >= 0.3 is 0 Å². The van der Waals surface area contributed by atoms with Crippen LogP contribution in [-0.4, -0.2) is 18.4 Å². The molecule has 0 saturated heterocycles. The predicted molar refractivity (Wildman–Crippen MR) is 139 cm³/mol. The summed E-state index contributed by atoms with van der Waals surface area (Å²) in [4.78, 5) is 0. The highest BCUT2D eigenvalue weighted by atomic mass is 16.7. The third-order valence-corrected chi connectivity index (χ3v) is 6.95. The van der Waals surface area contributed by atoms with Crippen molar-refractivity contribution in [2.45, 2.75) is 96.8 Å². The van der Waals surface area contributed by atoms with Gasteiger partial charge in [0.25, 0.3) is 0 Å². The monoisotopic (exact) mass is 451 g/mol. The molecule has 1 fully saturated rings. The zero-order valence-electron chi connectivity index (χ0n) is 21.3. The molecule has 3 nitrogen and oxygen atoms in total.